The number of hydrogen-bond acceptors (Lipinski definition) is 3. The van der Waals surface area contributed by atoms with Crippen molar-refractivity contribution >= 4 is 5.97 Å². The quantitative estimate of drug-likeness (QED) is 0.208. The number of esters is 1. The van der Waals surface area contributed by atoms with Gasteiger partial charge < -0.3 is 9.84 Å². The summed E-state index contributed by atoms with van der Waals surface area (Å²) in [5.74, 6) is 1.74. The van der Waals surface area contributed by atoms with Gasteiger partial charge in [0, 0.05) is 0 Å². The maximum Gasteiger partial charge on any atom is 0.336 e. The van der Waals surface area contributed by atoms with Crippen LogP contribution in [0.4, 0.5) is 0 Å². The molecular formula is C33H44O3. The van der Waals surface area contributed by atoms with Crippen LogP contribution in [0.25, 0.3) is 11.1 Å². The van der Waals surface area contributed by atoms with Crippen LogP contribution in [0.15, 0.2) is 60.7 Å². The molecule has 0 aliphatic heterocycles. The van der Waals surface area contributed by atoms with Crippen LogP contribution < -0.4 is 0 Å². The third-order valence-electron chi connectivity index (χ3n) is 8.59. The molecule has 194 valence electrons. The van der Waals surface area contributed by atoms with E-state index in [-0.39, 0.29) is 18.3 Å². The molecule has 0 heterocycles. The number of ether oxygens (including phenoxy) is 1. The molecule has 2 fully saturated rings. The number of benzene rings is 2. The Morgan fingerprint density at radius 1 is 0.806 bits per heavy atom. The second-order valence-electron chi connectivity index (χ2n) is 11.1. The lowest BCUT2D eigenvalue weighted by Gasteiger charge is -2.29. The summed E-state index contributed by atoms with van der Waals surface area (Å²) < 4.78 is 5.48. The highest BCUT2D eigenvalue weighted by atomic mass is 16.5. The van der Waals surface area contributed by atoms with Crippen molar-refractivity contribution in [2.75, 3.05) is 6.61 Å². The fourth-order valence-electron chi connectivity index (χ4n) is 6.18. The zero-order valence-electron chi connectivity index (χ0n) is 22.1. The third kappa shape index (κ3) is 7.09. The first-order valence-electron chi connectivity index (χ1n) is 14.3. The minimum atomic E-state index is -0.466. The molecule has 0 amide bonds. The summed E-state index contributed by atoms with van der Waals surface area (Å²) in [6.07, 6.45) is 14.8. The van der Waals surface area contributed by atoms with Crippen molar-refractivity contribution in [2.45, 2.75) is 102 Å². The first-order valence-corrected chi connectivity index (χ1v) is 14.3. The summed E-state index contributed by atoms with van der Waals surface area (Å²) in [4.78, 5) is 11.9. The van der Waals surface area contributed by atoms with Crippen molar-refractivity contribution in [1.82, 2.24) is 0 Å². The van der Waals surface area contributed by atoms with Crippen molar-refractivity contribution in [2.24, 2.45) is 5.92 Å². The second-order valence-corrected chi connectivity index (χ2v) is 11.1. The summed E-state index contributed by atoms with van der Waals surface area (Å²) >= 11 is 0. The average molecular weight is 489 g/mol. The molecule has 3 heteroatoms. The molecule has 0 atom stereocenters. The Bertz CT molecular complexity index is 959. The smallest absolute Gasteiger partial charge is 0.336 e. The number of rotatable bonds is 10. The van der Waals surface area contributed by atoms with E-state index >= 15 is 0 Å². The monoisotopic (exact) mass is 488 g/mol. The number of carbonyl (C=O) groups excluding carboxylic acids is 1. The minimum absolute atomic E-state index is 0.0639. The van der Waals surface area contributed by atoms with E-state index in [9.17, 15) is 4.79 Å². The van der Waals surface area contributed by atoms with Crippen LogP contribution in [0, 0.1) is 5.92 Å². The highest BCUT2D eigenvalue weighted by Gasteiger charge is 2.26. The lowest BCUT2D eigenvalue weighted by molar-refractivity contribution is -0.146. The minimum Gasteiger partial charge on any atom is -0.459 e. The molecule has 0 unspecified atom stereocenters. The average Bonchev–Trinajstić information content (AvgIpc) is 2.94. The molecule has 2 aliphatic rings. The first-order chi connectivity index (χ1) is 17.6. The molecule has 3 nitrogen and oxygen atoms in total. The van der Waals surface area contributed by atoms with Crippen LogP contribution in [-0.2, 0) is 9.53 Å². The zero-order chi connectivity index (χ0) is 25.3. The van der Waals surface area contributed by atoms with E-state index in [1.165, 1.54) is 73.6 Å². The van der Waals surface area contributed by atoms with Crippen LogP contribution >= 0.6 is 0 Å². The third-order valence-corrected chi connectivity index (χ3v) is 8.59. The van der Waals surface area contributed by atoms with E-state index in [4.69, 9.17) is 9.84 Å². The fourth-order valence-corrected chi connectivity index (χ4v) is 6.18. The van der Waals surface area contributed by atoms with Gasteiger partial charge in [-0.25, -0.2) is 4.79 Å². The Morgan fingerprint density at radius 3 is 1.78 bits per heavy atom. The van der Waals surface area contributed by atoms with Gasteiger partial charge in [0.05, 0.1) is 12.2 Å². The number of aliphatic hydroxyl groups is 1. The maximum atomic E-state index is 11.9. The molecule has 4 rings (SSSR count). The van der Waals surface area contributed by atoms with E-state index < -0.39 is 5.97 Å². The Hall–Kier alpha value is -2.39. The largest absolute Gasteiger partial charge is 0.459 e. The van der Waals surface area contributed by atoms with Gasteiger partial charge in [0.1, 0.15) is 6.10 Å². The van der Waals surface area contributed by atoms with Gasteiger partial charge >= 0.3 is 5.97 Å². The number of aliphatic hydroxyl groups excluding tert-OH is 1. The normalized spacial score (nSPS) is 24.3. The number of unbranched alkanes of at least 4 members (excludes halogenated alkanes) is 2. The van der Waals surface area contributed by atoms with E-state index in [0.717, 1.165) is 37.5 Å². The molecule has 2 aromatic rings. The van der Waals surface area contributed by atoms with Gasteiger partial charge in [-0.05, 0) is 91.4 Å². The van der Waals surface area contributed by atoms with E-state index in [0.29, 0.717) is 5.92 Å². The van der Waals surface area contributed by atoms with Crippen LogP contribution in [0.3, 0.4) is 0 Å². The van der Waals surface area contributed by atoms with Crippen LogP contribution in [0.2, 0.25) is 0 Å². The van der Waals surface area contributed by atoms with E-state index in [1.54, 1.807) is 0 Å². The van der Waals surface area contributed by atoms with Crippen molar-refractivity contribution in [3.8, 4) is 11.1 Å². The first kappa shape index (κ1) is 26.7. The number of hydrogen-bond donors (Lipinski definition) is 1. The molecule has 1 N–H and O–H groups in total. The topological polar surface area (TPSA) is 46.5 Å². The predicted molar refractivity (Wildman–Crippen MR) is 148 cm³/mol. The van der Waals surface area contributed by atoms with Gasteiger partial charge in [0.2, 0.25) is 0 Å². The maximum absolute atomic E-state index is 11.9. The molecule has 36 heavy (non-hydrogen) atoms. The van der Waals surface area contributed by atoms with Gasteiger partial charge in [-0.1, -0.05) is 87.7 Å². The Labute approximate surface area is 218 Å². The summed E-state index contributed by atoms with van der Waals surface area (Å²) in [7, 11) is 0. The van der Waals surface area contributed by atoms with E-state index in [1.807, 2.05) is 0 Å². The molecule has 0 bridgehead atoms. The second kappa shape index (κ2) is 13.2. The van der Waals surface area contributed by atoms with Crippen molar-refractivity contribution in [1.29, 1.82) is 0 Å². The lowest BCUT2D eigenvalue weighted by atomic mass is 9.77. The molecule has 2 aliphatic carbocycles. The lowest BCUT2D eigenvalue weighted by Crippen LogP contribution is -2.25. The van der Waals surface area contributed by atoms with E-state index in [2.05, 4.69) is 62.0 Å². The molecule has 0 spiro atoms. The molecule has 2 saturated carbocycles. The Kier molecular flexibility index (Phi) is 9.81. The van der Waals surface area contributed by atoms with Crippen LogP contribution in [0.1, 0.15) is 107 Å². The molecule has 0 saturated heterocycles. The van der Waals surface area contributed by atoms with Crippen molar-refractivity contribution in [3.05, 3.63) is 71.8 Å². The van der Waals surface area contributed by atoms with Crippen LogP contribution in [-0.4, -0.2) is 23.8 Å². The molecule has 2 aromatic carbocycles. The highest BCUT2D eigenvalue weighted by molar-refractivity contribution is 5.88. The Balaban J connectivity index is 1.26. The molecule has 0 aromatic heterocycles. The number of carbonyl (C=O) groups is 1. The van der Waals surface area contributed by atoms with Crippen molar-refractivity contribution in [3.63, 3.8) is 0 Å². The summed E-state index contributed by atoms with van der Waals surface area (Å²) in [6, 6.07) is 18.4. The van der Waals surface area contributed by atoms with Gasteiger partial charge in [-0.15, -0.1) is 0 Å². The van der Waals surface area contributed by atoms with Crippen molar-refractivity contribution < 1.29 is 14.6 Å². The summed E-state index contributed by atoms with van der Waals surface area (Å²) in [6.45, 7) is 5.50. The summed E-state index contributed by atoms with van der Waals surface area (Å²) in [5, 5.41) is 9.04. The summed E-state index contributed by atoms with van der Waals surface area (Å²) in [5.41, 5.74) is 5.58. The van der Waals surface area contributed by atoms with Gasteiger partial charge in [0.15, 0.2) is 0 Å². The molecule has 0 radical (unpaired) electrons. The predicted octanol–water partition coefficient (Wildman–Crippen LogP) is 8.33. The fraction of sp³-hybridized carbons (Fsp3) is 0.545. The molecular weight excluding hydrogens is 444 g/mol. The standard InChI is InChI=1S/C33H44O3/c1-3-4-5-6-25-7-9-26(10-8-25)27-11-13-28(14-12-27)29-15-17-30(18-16-29)31-19-21-32(22-20-31)36-33(35)24(2)23-34/h11-18,25-26,31-32,34H,2-10,19-23H2,1H3. The SMILES string of the molecule is C=C(CO)C(=O)OC1CCC(c2ccc(-c3ccc(C4CCC(CCCCC)CC4)cc3)cc2)CC1. The zero-order valence-corrected chi connectivity index (χ0v) is 22.1. The Morgan fingerprint density at radius 2 is 1.31 bits per heavy atom. The van der Waals surface area contributed by atoms with Gasteiger partial charge in [-0.3, -0.25) is 0 Å². The van der Waals surface area contributed by atoms with Gasteiger partial charge in [0.25, 0.3) is 0 Å². The van der Waals surface area contributed by atoms with Crippen LogP contribution in [0.5, 0.6) is 0 Å². The highest BCUT2D eigenvalue weighted by Crippen LogP contribution is 2.39. The van der Waals surface area contributed by atoms with Gasteiger partial charge in [-0.2, -0.15) is 0 Å².